The van der Waals surface area contributed by atoms with Crippen LogP contribution in [0.5, 0.6) is 0 Å². The molecular weight excluding hydrogens is 364 g/mol. The van der Waals surface area contributed by atoms with Crippen LogP contribution in [-0.4, -0.2) is 17.6 Å². The summed E-state index contributed by atoms with van der Waals surface area (Å²) in [6.07, 6.45) is -2.73. The molecule has 0 amide bonds. The Morgan fingerprint density at radius 1 is 1.59 bits per heavy atom. The van der Waals surface area contributed by atoms with Gasteiger partial charge >= 0.3 is 5.97 Å². The van der Waals surface area contributed by atoms with Crippen LogP contribution in [0.3, 0.4) is 0 Å². The Balaban J connectivity index is 3.28. The Morgan fingerprint density at radius 3 is 2.71 bits per heavy atom. The van der Waals surface area contributed by atoms with Crippen molar-refractivity contribution in [1.29, 1.82) is 0 Å². The van der Waals surface area contributed by atoms with Gasteiger partial charge in [-0.1, -0.05) is 31.9 Å². The third kappa shape index (κ3) is 3.45. The number of hydrogen-bond acceptors (Lipinski definition) is 3. The molecule has 7 heteroatoms. The molecule has 0 aliphatic rings. The lowest BCUT2D eigenvalue weighted by Gasteiger charge is -2.10. The van der Waals surface area contributed by atoms with Crippen LogP contribution >= 0.6 is 31.9 Å². The zero-order chi connectivity index (χ0) is 13.0. The van der Waals surface area contributed by atoms with Crippen LogP contribution < -0.4 is 0 Å². The predicted molar refractivity (Wildman–Crippen MR) is 65.5 cm³/mol. The Labute approximate surface area is 114 Å². The van der Waals surface area contributed by atoms with E-state index in [1.54, 1.807) is 6.92 Å². The van der Waals surface area contributed by atoms with Crippen molar-refractivity contribution in [3.8, 4) is 0 Å². The van der Waals surface area contributed by atoms with Gasteiger partial charge in [-0.3, -0.25) is 0 Å². The first-order valence-corrected chi connectivity index (χ1v) is 6.63. The highest BCUT2D eigenvalue weighted by Gasteiger charge is 2.21. The largest absolute Gasteiger partial charge is 0.461 e. The number of aromatic nitrogens is 1. The van der Waals surface area contributed by atoms with E-state index in [0.29, 0.717) is 15.4 Å². The second kappa shape index (κ2) is 6.39. The van der Waals surface area contributed by atoms with Gasteiger partial charge in [-0.15, -0.1) is 0 Å². The molecule has 0 N–H and O–H groups in total. The fraction of sp³-hybridized carbons (Fsp3) is 0.400. The summed E-state index contributed by atoms with van der Waals surface area (Å²) in [6.45, 7) is 1.80. The SMILES string of the molecule is CCOC(=O)c1nc(C(F)F)cc(Br)c1CBr. The maximum absolute atomic E-state index is 12.6. The van der Waals surface area contributed by atoms with Crippen molar-refractivity contribution < 1.29 is 18.3 Å². The lowest BCUT2D eigenvalue weighted by molar-refractivity contribution is 0.0516. The number of carbonyl (C=O) groups is 1. The minimum absolute atomic E-state index is 0.0894. The van der Waals surface area contributed by atoms with Crippen LogP contribution in [0.4, 0.5) is 8.78 Å². The van der Waals surface area contributed by atoms with E-state index in [-0.39, 0.29) is 12.3 Å². The van der Waals surface area contributed by atoms with E-state index in [9.17, 15) is 13.6 Å². The Bertz CT molecular complexity index is 427. The number of alkyl halides is 3. The lowest BCUT2D eigenvalue weighted by atomic mass is 10.2. The van der Waals surface area contributed by atoms with E-state index in [1.165, 1.54) is 6.07 Å². The van der Waals surface area contributed by atoms with Gasteiger partial charge in [0.25, 0.3) is 6.43 Å². The molecule has 0 fully saturated rings. The third-order valence-corrected chi connectivity index (χ3v) is 3.18. The number of ether oxygens (including phenoxy) is 1. The molecule has 1 rings (SSSR count). The second-order valence-corrected chi connectivity index (χ2v) is 4.43. The molecule has 0 spiro atoms. The highest BCUT2D eigenvalue weighted by atomic mass is 79.9. The van der Waals surface area contributed by atoms with E-state index in [2.05, 4.69) is 36.8 Å². The van der Waals surface area contributed by atoms with Crippen LogP contribution in [0.1, 0.15) is 35.1 Å². The molecular formula is C10H9Br2F2NO2. The number of carbonyl (C=O) groups excluding carboxylic acids is 1. The third-order valence-electron chi connectivity index (χ3n) is 1.92. The number of hydrogen-bond donors (Lipinski definition) is 0. The highest BCUT2D eigenvalue weighted by Crippen LogP contribution is 2.27. The van der Waals surface area contributed by atoms with Gasteiger partial charge in [-0.2, -0.15) is 0 Å². The molecule has 0 bridgehead atoms. The van der Waals surface area contributed by atoms with Gasteiger partial charge in [-0.25, -0.2) is 18.6 Å². The first-order chi connectivity index (χ1) is 8.01. The fourth-order valence-corrected chi connectivity index (χ4v) is 2.67. The quantitative estimate of drug-likeness (QED) is 0.595. The predicted octanol–water partition coefficient (Wildman–Crippen LogP) is 3.85. The first kappa shape index (κ1) is 14.5. The monoisotopic (exact) mass is 371 g/mol. The summed E-state index contributed by atoms with van der Waals surface area (Å²) in [4.78, 5) is 15.2. The van der Waals surface area contributed by atoms with Gasteiger partial charge in [0, 0.05) is 15.4 Å². The average Bonchev–Trinajstić information content (AvgIpc) is 2.28. The first-order valence-electron chi connectivity index (χ1n) is 4.71. The van der Waals surface area contributed by atoms with Crippen molar-refractivity contribution in [2.75, 3.05) is 6.61 Å². The molecule has 1 aromatic heterocycles. The lowest BCUT2D eigenvalue weighted by Crippen LogP contribution is -2.12. The van der Waals surface area contributed by atoms with Crippen molar-refractivity contribution in [1.82, 2.24) is 4.98 Å². The van der Waals surface area contributed by atoms with Crippen molar-refractivity contribution in [3.05, 3.63) is 27.5 Å². The minimum atomic E-state index is -2.73. The normalized spacial score (nSPS) is 10.7. The second-order valence-electron chi connectivity index (χ2n) is 3.01. The molecule has 94 valence electrons. The van der Waals surface area contributed by atoms with E-state index in [4.69, 9.17) is 4.74 Å². The molecule has 0 atom stereocenters. The Morgan fingerprint density at radius 2 is 2.24 bits per heavy atom. The number of rotatable bonds is 4. The molecule has 0 unspecified atom stereocenters. The molecule has 0 saturated heterocycles. The van der Waals surface area contributed by atoms with Gasteiger partial charge < -0.3 is 4.74 Å². The summed E-state index contributed by atoms with van der Waals surface area (Å²) in [5.74, 6) is -0.704. The van der Waals surface area contributed by atoms with Crippen molar-refractivity contribution in [2.24, 2.45) is 0 Å². The molecule has 0 aromatic carbocycles. The summed E-state index contributed by atoms with van der Waals surface area (Å²) in [5.41, 5.74) is -0.0501. The summed E-state index contributed by atoms with van der Waals surface area (Å²) >= 11 is 6.31. The highest BCUT2D eigenvalue weighted by molar-refractivity contribution is 9.10. The number of nitrogens with zero attached hydrogens (tertiary/aromatic N) is 1. The molecule has 0 aliphatic heterocycles. The van der Waals surface area contributed by atoms with Crippen molar-refractivity contribution in [2.45, 2.75) is 18.7 Å². The van der Waals surface area contributed by atoms with Gasteiger partial charge in [-0.05, 0) is 13.0 Å². The number of esters is 1. The van der Waals surface area contributed by atoms with E-state index >= 15 is 0 Å². The molecule has 1 heterocycles. The fourth-order valence-electron chi connectivity index (χ4n) is 1.17. The van der Waals surface area contributed by atoms with Gasteiger partial charge in [0.2, 0.25) is 0 Å². The number of halogens is 4. The standard InChI is InChI=1S/C10H9Br2F2NO2/c1-2-17-10(16)8-5(4-11)6(12)3-7(15-8)9(13)14/h3,9H,2,4H2,1H3. The maximum atomic E-state index is 12.6. The van der Waals surface area contributed by atoms with Crippen LogP contribution in [0.25, 0.3) is 0 Å². The molecule has 0 aliphatic carbocycles. The zero-order valence-electron chi connectivity index (χ0n) is 8.84. The van der Waals surface area contributed by atoms with Gasteiger partial charge in [0.15, 0.2) is 5.69 Å². The van der Waals surface area contributed by atoms with E-state index in [1.807, 2.05) is 0 Å². The van der Waals surface area contributed by atoms with Crippen molar-refractivity contribution >= 4 is 37.8 Å². The van der Waals surface area contributed by atoms with Crippen LogP contribution in [0, 0.1) is 0 Å². The van der Waals surface area contributed by atoms with Gasteiger partial charge in [0.1, 0.15) is 5.69 Å². The smallest absolute Gasteiger partial charge is 0.357 e. The van der Waals surface area contributed by atoms with Crippen LogP contribution in [0.15, 0.2) is 10.5 Å². The molecule has 3 nitrogen and oxygen atoms in total. The van der Waals surface area contributed by atoms with Crippen LogP contribution in [0.2, 0.25) is 0 Å². The minimum Gasteiger partial charge on any atom is -0.461 e. The van der Waals surface area contributed by atoms with E-state index < -0.39 is 18.1 Å². The molecule has 1 aromatic rings. The van der Waals surface area contributed by atoms with E-state index in [0.717, 1.165) is 0 Å². The number of pyridine rings is 1. The van der Waals surface area contributed by atoms with Gasteiger partial charge in [0.05, 0.1) is 6.61 Å². The Hall–Kier alpha value is -0.560. The molecule has 0 saturated carbocycles. The average molecular weight is 373 g/mol. The Kier molecular flexibility index (Phi) is 5.45. The summed E-state index contributed by atoms with van der Waals surface area (Å²) < 4.78 is 30.3. The van der Waals surface area contributed by atoms with Crippen LogP contribution in [-0.2, 0) is 10.1 Å². The summed E-state index contributed by atoms with van der Waals surface area (Å²) in [5, 5.41) is 0.318. The summed E-state index contributed by atoms with van der Waals surface area (Å²) in [7, 11) is 0. The molecule has 0 radical (unpaired) electrons. The maximum Gasteiger partial charge on any atom is 0.357 e. The molecule has 17 heavy (non-hydrogen) atoms. The topological polar surface area (TPSA) is 39.2 Å². The van der Waals surface area contributed by atoms with Crippen molar-refractivity contribution in [3.63, 3.8) is 0 Å². The summed E-state index contributed by atoms with van der Waals surface area (Å²) in [6, 6.07) is 1.20. The zero-order valence-corrected chi connectivity index (χ0v) is 12.0.